The third-order valence-corrected chi connectivity index (χ3v) is 6.58. The number of carboxylic acids is 2. The SMILES string of the molecule is CC(C)C(=O)NCCCCC[C@@H](NC(=O)COCCOCCNC(=O)CC[C@@H](NC(=O)COCCOCCNI)C(=O)O)C(=O)O. The molecule has 0 aromatic heterocycles. The molecule has 0 rings (SSSR count). The van der Waals surface area contributed by atoms with Gasteiger partial charge in [0.15, 0.2) is 0 Å². The van der Waals surface area contributed by atoms with Gasteiger partial charge in [0.2, 0.25) is 23.6 Å². The van der Waals surface area contributed by atoms with E-state index in [0.717, 1.165) is 0 Å². The van der Waals surface area contributed by atoms with Crippen LogP contribution in [0.15, 0.2) is 0 Å². The van der Waals surface area contributed by atoms with Crippen molar-refractivity contribution in [2.75, 3.05) is 72.5 Å². The normalized spacial score (nSPS) is 12.3. The molecular weight excluding hydrogens is 725 g/mol. The van der Waals surface area contributed by atoms with E-state index < -0.39 is 41.7 Å². The minimum absolute atomic E-state index is 0.0307. The van der Waals surface area contributed by atoms with Gasteiger partial charge in [-0.15, -0.1) is 0 Å². The fourth-order valence-electron chi connectivity index (χ4n) is 3.56. The summed E-state index contributed by atoms with van der Waals surface area (Å²) in [4.78, 5) is 70.4. The third kappa shape index (κ3) is 25.5. The summed E-state index contributed by atoms with van der Waals surface area (Å²) in [5, 5.41) is 28.8. The Morgan fingerprint density at radius 2 is 1.13 bits per heavy atom. The minimum Gasteiger partial charge on any atom is -0.480 e. The first-order valence-corrected chi connectivity index (χ1v) is 16.3. The predicted molar refractivity (Wildman–Crippen MR) is 173 cm³/mol. The molecule has 0 aromatic rings. The molecule has 266 valence electrons. The number of carbonyl (C=O) groups is 6. The lowest BCUT2D eigenvalue weighted by Crippen LogP contribution is -2.43. The fraction of sp³-hybridized carbons (Fsp3) is 0.786. The highest BCUT2D eigenvalue weighted by Crippen LogP contribution is 2.05. The molecule has 7 N–H and O–H groups in total. The zero-order chi connectivity index (χ0) is 34.6. The Kier molecular flexibility index (Phi) is 26.9. The first-order valence-electron chi connectivity index (χ1n) is 15.2. The molecule has 0 aliphatic rings. The van der Waals surface area contributed by atoms with Gasteiger partial charge in [0, 0.05) is 54.8 Å². The van der Waals surface area contributed by atoms with E-state index in [9.17, 15) is 39.0 Å². The number of carboxylic acid groups (broad SMARTS) is 2. The van der Waals surface area contributed by atoms with Gasteiger partial charge < -0.3 is 50.4 Å². The maximum absolute atomic E-state index is 12.0. The number of hydrogen-bond acceptors (Lipinski definition) is 11. The molecular formula is C28H50IN5O12. The first-order chi connectivity index (χ1) is 22.0. The summed E-state index contributed by atoms with van der Waals surface area (Å²) in [5.74, 6) is -4.14. The van der Waals surface area contributed by atoms with Crippen LogP contribution in [-0.2, 0) is 47.7 Å². The summed E-state index contributed by atoms with van der Waals surface area (Å²) in [5.41, 5.74) is 0. The van der Waals surface area contributed by atoms with Crippen LogP contribution in [0.4, 0.5) is 0 Å². The largest absolute Gasteiger partial charge is 0.480 e. The first kappa shape index (κ1) is 43.4. The second-order valence-corrected chi connectivity index (χ2v) is 11.1. The number of unbranched alkanes of at least 4 members (excludes halogenated alkanes) is 2. The van der Waals surface area contributed by atoms with Gasteiger partial charge >= 0.3 is 11.9 Å². The van der Waals surface area contributed by atoms with Crippen LogP contribution >= 0.6 is 22.9 Å². The molecule has 0 fully saturated rings. The van der Waals surface area contributed by atoms with Gasteiger partial charge in [-0.2, -0.15) is 0 Å². The van der Waals surface area contributed by atoms with E-state index in [1.165, 1.54) is 0 Å². The molecule has 0 aliphatic heterocycles. The van der Waals surface area contributed by atoms with Crippen LogP contribution < -0.4 is 24.8 Å². The zero-order valence-corrected chi connectivity index (χ0v) is 28.8. The van der Waals surface area contributed by atoms with Gasteiger partial charge in [0.25, 0.3) is 0 Å². The van der Waals surface area contributed by atoms with Crippen molar-refractivity contribution in [3.8, 4) is 0 Å². The van der Waals surface area contributed by atoms with Crippen molar-refractivity contribution in [1.29, 1.82) is 0 Å². The van der Waals surface area contributed by atoms with Crippen molar-refractivity contribution < 1.29 is 57.9 Å². The number of ether oxygens (including phenoxy) is 4. The number of rotatable bonds is 30. The summed E-state index contributed by atoms with van der Waals surface area (Å²) in [6.07, 6.45) is 1.99. The lowest BCUT2D eigenvalue weighted by Gasteiger charge is -2.15. The maximum Gasteiger partial charge on any atom is 0.326 e. The number of amides is 4. The Hall–Kier alpha value is -2.65. The Bertz CT molecular complexity index is 912. The minimum atomic E-state index is -1.27. The van der Waals surface area contributed by atoms with Crippen LogP contribution in [0.2, 0.25) is 0 Å². The number of hydrogen-bond donors (Lipinski definition) is 7. The van der Waals surface area contributed by atoms with E-state index in [-0.39, 0.29) is 77.3 Å². The average Bonchev–Trinajstić information content (AvgIpc) is 3.00. The van der Waals surface area contributed by atoms with Crippen molar-refractivity contribution in [2.24, 2.45) is 5.92 Å². The molecule has 18 heteroatoms. The highest BCUT2D eigenvalue weighted by atomic mass is 127. The molecule has 0 saturated heterocycles. The van der Waals surface area contributed by atoms with Gasteiger partial charge in [-0.25, -0.2) is 9.59 Å². The van der Waals surface area contributed by atoms with Crippen LogP contribution in [0, 0.1) is 5.92 Å². The third-order valence-electron chi connectivity index (χ3n) is 6.04. The van der Waals surface area contributed by atoms with Crippen LogP contribution in [0.25, 0.3) is 0 Å². The topological polar surface area (TPSA) is 240 Å². The standard InChI is InChI=1S/C28H50IN5O12/c1-20(2)26(38)31-9-5-3-4-6-21(27(39)40)33-24(36)18-45-16-14-43-12-10-30-23(35)8-7-22(28(41)42)34-25(37)19-46-17-15-44-13-11-32-29/h20-22,32H,3-19H2,1-2H3,(H,30,35)(H,31,38)(H,33,36)(H,34,37)(H,39,40)(H,41,42)/t21-,22-/m1/s1. The quantitative estimate of drug-likeness (QED) is 0.0274. The van der Waals surface area contributed by atoms with Gasteiger partial charge in [0.1, 0.15) is 25.3 Å². The van der Waals surface area contributed by atoms with Crippen LogP contribution in [0.1, 0.15) is 52.4 Å². The van der Waals surface area contributed by atoms with E-state index in [1.807, 2.05) is 22.9 Å². The van der Waals surface area contributed by atoms with Crippen molar-refractivity contribution in [3.63, 3.8) is 0 Å². The zero-order valence-electron chi connectivity index (χ0n) is 26.6. The number of aliphatic carboxylic acids is 2. The van der Waals surface area contributed by atoms with Gasteiger partial charge in [-0.1, -0.05) is 26.7 Å². The molecule has 0 spiro atoms. The van der Waals surface area contributed by atoms with E-state index in [0.29, 0.717) is 45.6 Å². The fourth-order valence-corrected chi connectivity index (χ4v) is 3.78. The lowest BCUT2D eigenvalue weighted by molar-refractivity contribution is -0.143. The molecule has 0 radical (unpaired) electrons. The van der Waals surface area contributed by atoms with Crippen LogP contribution in [0.5, 0.6) is 0 Å². The second kappa shape index (κ2) is 28.6. The van der Waals surface area contributed by atoms with Crippen molar-refractivity contribution in [1.82, 2.24) is 24.8 Å². The van der Waals surface area contributed by atoms with Gasteiger partial charge in [-0.05, 0) is 19.3 Å². The Balaban J connectivity index is 3.95. The van der Waals surface area contributed by atoms with Crippen molar-refractivity contribution in [2.45, 2.75) is 64.5 Å². The Labute approximate surface area is 283 Å². The summed E-state index contributed by atoms with van der Waals surface area (Å²) >= 11 is 1.99. The molecule has 0 aromatic carbocycles. The predicted octanol–water partition coefficient (Wildman–Crippen LogP) is -0.640. The summed E-state index contributed by atoms with van der Waals surface area (Å²) in [6.45, 7) is 5.55. The Morgan fingerprint density at radius 1 is 0.609 bits per heavy atom. The van der Waals surface area contributed by atoms with Gasteiger partial charge in [-0.3, -0.25) is 22.7 Å². The summed E-state index contributed by atoms with van der Waals surface area (Å²) in [6, 6.07) is -2.29. The molecule has 46 heavy (non-hydrogen) atoms. The van der Waals surface area contributed by atoms with Crippen LogP contribution in [-0.4, -0.2) is 130 Å². The second-order valence-electron chi connectivity index (χ2n) is 10.3. The Morgan fingerprint density at radius 3 is 1.65 bits per heavy atom. The average molecular weight is 776 g/mol. The van der Waals surface area contributed by atoms with Gasteiger partial charge in [0.05, 0.1) is 39.6 Å². The van der Waals surface area contributed by atoms with E-state index in [1.54, 1.807) is 13.8 Å². The monoisotopic (exact) mass is 775 g/mol. The summed E-state index contributed by atoms with van der Waals surface area (Å²) in [7, 11) is 0. The number of halogens is 1. The van der Waals surface area contributed by atoms with Crippen LogP contribution in [0.3, 0.4) is 0 Å². The number of nitrogens with one attached hydrogen (secondary N) is 5. The summed E-state index contributed by atoms with van der Waals surface area (Å²) < 4.78 is 23.8. The number of carbonyl (C=O) groups excluding carboxylic acids is 4. The molecule has 0 heterocycles. The molecule has 2 atom stereocenters. The lowest BCUT2D eigenvalue weighted by atomic mass is 10.1. The highest BCUT2D eigenvalue weighted by molar-refractivity contribution is 14.1. The van der Waals surface area contributed by atoms with Crippen molar-refractivity contribution in [3.05, 3.63) is 0 Å². The van der Waals surface area contributed by atoms with E-state index in [2.05, 4.69) is 24.8 Å². The highest BCUT2D eigenvalue weighted by Gasteiger charge is 2.21. The molecule has 0 bridgehead atoms. The molecule has 0 aliphatic carbocycles. The molecule has 17 nitrogen and oxygen atoms in total. The van der Waals surface area contributed by atoms with E-state index >= 15 is 0 Å². The van der Waals surface area contributed by atoms with E-state index in [4.69, 9.17) is 18.9 Å². The smallest absolute Gasteiger partial charge is 0.326 e. The van der Waals surface area contributed by atoms with Crippen molar-refractivity contribution >= 4 is 58.4 Å². The maximum atomic E-state index is 12.0. The molecule has 0 saturated carbocycles. The molecule has 4 amide bonds. The molecule has 0 unspecified atom stereocenters.